The van der Waals surface area contributed by atoms with Crippen LogP contribution in [0, 0.1) is 5.82 Å². The SMILES string of the molecule is Nc1cccc(C2NC(=O)NC(CCc3ccc4c(c3)OCO4)=C2C(=O)OCc2ccc(F)c(N)c2)c1. The van der Waals surface area contributed by atoms with Crippen LogP contribution in [0.5, 0.6) is 11.5 Å². The number of nitrogens with one attached hydrogen (secondary N) is 2. The standard InChI is InChI=1S/C27H25FN4O5/c28-19-7-4-16(10-20(19)30)13-35-26(33)24-21(8-5-15-6-9-22-23(11-15)37-14-36-22)31-27(34)32-25(24)17-2-1-3-18(29)12-17/h1-4,6-7,9-12,25H,5,8,13-14,29-30H2,(H2,31,32,34). The summed E-state index contributed by atoms with van der Waals surface area (Å²) >= 11 is 0. The van der Waals surface area contributed by atoms with Gasteiger partial charge in [0.25, 0.3) is 0 Å². The topological polar surface area (TPSA) is 138 Å². The number of carbonyl (C=O) groups excluding carboxylic acids is 2. The first-order valence-corrected chi connectivity index (χ1v) is 11.6. The average Bonchev–Trinajstić information content (AvgIpc) is 3.35. The lowest BCUT2D eigenvalue weighted by Crippen LogP contribution is -2.46. The number of amides is 2. The van der Waals surface area contributed by atoms with Crippen molar-refractivity contribution in [1.82, 2.24) is 10.6 Å². The zero-order chi connectivity index (χ0) is 25.9. The Labute approximate surface area is 212 Å². The molecule has 0 radical (unpaired) electrons. The first kappa shape index (κ1) is 24.0. The number of ether oxygens (including phenoxy) is 3. The average molecular weight is 505 g/mol. The minimum absolute atomic E-state index is 0.0404. The molecular weight excluding hydrogens is 479 g/mol. The molecule has 0 saturated carbocycles. The van der Waals surface area contributed by atoms with Crippen molar-refractivity contribution in [2.24, 2.45) is 0 Å². The third kappa shape index (κ3) is 5.27. The number of benzene rings is 3. The fourth-order valence-electron chi connectivity index (χ4n) is 4.32. The van der Waals surface area contributed by atoms with Gasteiger partial charge in [-0.1, -0.05) is 24.3 Å². The summed E-state index contributed by atoms with van der Waals surface area (Å²) in [5, 5.41) is 5.57. The second-order valence-corrected chi connectivity index (χ2v) is 8.71. The van der Waals surface area contributed by atoms with Crippen LogP contribution in [0.2, 0.25) is 0 Å². The van der Waals surface area contributed by atoms with E-state index >= 15 is 0 Å². The molecule has 37 heavy (non-hydrogen) atoms. The predicted octanol–water partition coefficient (Wildman–Crippen LogP) is 3.70. The van der Waals surface area contributed by atoms with Crippen molar-refractivity contribution < 1.29 is 28.2 Å². The van der Waals surface area contributed by atoms with Gasteiger partial charge in [-0.3, -0.25) is 0 Å². The second kappa shape index (κ2) is 10.1. The molecule has 2 amide bonds. The number of fused-ring (bicyclic) bond motifs is 1. The van der Waals surface area contributed by atoms with Gasteiger partial charge in [0.05, 0.1) is 17.3 Å². The summed E-state index contributed by atoms with van der Waals surface area (Å²) in [6.07, 6.45) is 0.862. The summed E-state index contributed by atoms with van der Waals surface area (Å²) in [5.74, 6) is 0.134. The number of nitrogen functional groups attached to an aromatic ring is 2. The zero-order valence-electron chi connectivity index (χ0n) is 19.8. The summed E-state index contributed by atoms with van der Waals surface area (Å²) in [6, 6.07) is 15.4. The Hall–Kier alpha value is -4.73. The van der Waals surface area contributed by atoms with E-state index in [-0.39, 0.29) is 24.7 Å². The quantitative estimate of drug-likeness (QED) is 0.284. The highest BCUT2D eigenvalue weighted by Gasteiger charge is 2.34. The number of nitrogens with two attached hydrogens (primary N) is 2. The lowest BCUT2D eigenvalue weighted by Gasteiger charge is -2.29. The predicted molar refractivity (Wildman–Crippen MR) is 134 cm³/mol. The van der Waals surface area contributed by atoms with E-state index in [1.165, 1.54) is 18.2 Å². The molecule has 2 heterocycles. The summed E-state index contributed by atoms with van der Waals surface area (Å²) in [4.78, 5) is 26.0. The number of esters is 1. The molecule has 2 aliphatic heterocycles. The molecule has 3 aromatic rings. The third-order valence-corrected chi connectivity index (χ3v) is 6.15. The normalized spacial score (nSPS) is 16.2. The molecule has 10 heteroatoms. The van der Waals surface area contributed by atoms with E-state index in [2.05, 4.69) is 10.6 Å². The number of aryl methyl sites for hydroxylation is 1. The van der Waals surface area contributed by atoms with Crippen LogP contribution in [-0.4, -0.2) is 18.8 Å². The Kier molecular flexibility index (Phi) is 6.55. The molecule has 0 saturated heterocycles. The highest BCUT2D eigenvalue weighted by molar-refractivity contribution is 5.95. The monoisotopic (exact) mass is 504 g/mol. The van der Waals surface area contributed by atoms with Gasteiger partial charge in [0.15, 0.2) is 11.5 Å². The molecule has 6 N–H and O–H groups in total. The van der Waals surface area contributed by atoms with Crippen LogP contribution >= 0.6 is 0 Å². The Bertz CT molecular complexity index is 1410. The van der Waals surface area contributed by atoms with Gasteiger partial charge in [-0.25, -0.2) is 14.0 Å². The van der Waals surface area contributed by atoms with Crippen molar-refractivity contribution in [1.29, 1.82) is 0 Å². The van der Waals surface area contributed by atoms with Gasteiger partial charge in [-0.2, -0.15) is 0 Å². The lowest BCUT2D eigenvalue weighted by atomic mass is 9.92. The van der Waals surface area contributed by atoms with Crippen molar-refractivity contribution in [3.05, 3.63) is 94.4 Å². The molecule has 1 unspecified atom stereocenters. The number of hydrogen-bond donors (Lipinski definition) is 4. The van der Waals surface area contributed by atoms with Crippen molar-refractivity contribution in [2.75, 3.05) is 18.3 Å². The van der Waals surface area contributed by atoms with Crippen LogP contribution in [0.25, 0.3) is 0 Å². The van der Waals surface area contributed by atoms with Gasteiger partial charge in [-0.05, 0) is 65.9 Å². The van der Waals surface area contributed by atoms with Gasteiger partial charge in [0.1, 0.15) is 12.4 Å². The number of allylic oxidation sites excluding steroid dienone is 1. The smallest absolute Gasteiger partial charge is 0.338 e. The number of halogens is 1. The fraction of sp³-hybridized carbons (Fsp3) is 0.185. The van der Waals surface area contributed by atoms with Crippen LogP contribution in [0.4, 0.5) is 20.6 Å². The maximum absolute atomic E-state index is 13.5. The number of carbonyl (C=O) groups is 2. The molecule has 0 bridgehead atoms. The minimum atomic E-state index is -0.783. The first-order valence-electron chi connectivity index (χ1n) is 11.6. The van der Waals surface area contributed by atoms with Gasteiger partial charge in [-0.15, -0.1) is 0 Å². The van der Waals surface area contributed by atoms with Crippen LogP contribution in [0.3, 0.4) is 0 Å². The Morgan fingerprint density at radius 1 is 1.00 bits per heavy atom. The largest absolute Gasteiger partial charge is 0.457 e. The van der Waals surface area contributed by atoms with Crippen molar-refractivity contribution in [3.8, 4) is 11.5 Å². The van der Waals surface area contributed by atoms with E-state index in [0.29, 0.717) is 46.9 Å². The lowest BCUT2D eigenvalue weighted by molar-refractivity contribution is -0.140. The number of rotatable bonds is 7. The molecule has 0 aromatic heterocycles. The Morgan fingerprint density at radius 3 is 2.62 bits per heavy atom. The second-order valence-electron chi connectivity index (χ2n) is 8.71. The van der Waals surface area contributed by atoms with E-state index in [1.807, 2.05) is 18.2 Å². The highest BCUT2D eigenvalue weighted by atomic mass is 19.1. The van der Waals surface area contributed by atoms with E-state index in [4.69, 9.17) is 25.7 Å². The molecule has 1 atom stereocenters. The van der Waals surface area contributed by atoms with Crippen LogP contribution in [0.1, 0.15) is 29.2 Å². The maximum Gasteiger partial charge on any atom is 0.338 e. The summed E-state index contributed by atoms with van der Waals surface area (Å²) in [7, 11) is 0. The number of anilines is 2. The minimum Gasteiger partial charge on any atom is -0.457 e. The summed E-state index contributed by atoms with van der Waals surface area (Å²) in [6.45, 7) is 0.0447. The molecule has 2 aliphatic rings. The number of hydrogen-bond acceptors (Lipinski definition) is 7. The molecule has 5 rings (SSSR count). The maximum atomic E-state index is 13.5. The summed E-state index contributed by atoms with van der Waals surface area (Å²) in [5.41, 5.74) is 14.8. The van der Waals surface area contributed by atoms with Crippen LogP contribution in [-0.2, 0) is 22.6 Å². The van der Waals surface area contributed by atoms with Gasteiger partial charge in [0.2, 0.25) is 6.79 Å². The van der Waals surface area contributed by atoms with Gasteiger partial charge in [0, 0.05) is 11.4 Å². The highest BCUT2D eigenvalue weighted by Crippen LogP contribution is 2.34. The van der Waals surface area contributed by atoms with Gasteiger partial charge >= 0.3 is 12.0 Å². The van der Waals surface area contributed by atoms with Crippen molar-refractivity contribution in [3.63, 3.8) is 0 Å². The molecule has 9 nitrogen and oxygen atoms in total. The van der Waals surface area contributed by atoms with Crippen LogP contribution < -0.4 is 31.6 Å². The van der Waals surface area contributed by atoms with E-state index in [9.17, 15) is 14.0 Å². The fourth-order valence-corrected chi connectivity index (χ4v) is 4.32. The van der Waals surface area contributed by atoms with E-state index in [1.54, 1.807) is 24.3 Å². The number of urea groups is 1. The zero-order valence-corrected chi connectivity index (χ0v) is 19.8. The third-order valence-electron chi connectivity index (χ3n) is 6.15. The van der Waals surface area contributed by atoms with E-state index in [0.717, 1.165) is 5.56 Å². The molecular formula is C27H25FN4O5. The molecule has 3 aromatic carbocycles. The molecule has 190 valence electrons. The Morgan fingerprint density at radius 2 is 1.81 bits per heavy atom. The molecule has 0 spiro atoms. The Balaban J connectivity index is 1.44. The molecule has 0 aliphatic carbocycles. The van der Waals surface area contributed by atoms with Gasteiger partial charge < -0.3 is 36.3 Å². The summed E-state index contributed by atoms with van der Waals surface area (Å²) < 4.78 is 29.9. The van der Waals surface area contributed by atoms with Crippen molar-refractivity contribution in [2.45, 2.75) is 25.5 Å². The first-order chi connectivity index (χ1) is 17.9. The van der Waals surface area contributed by atoms with Crippen LogP contribution in [0.15, 0.2) is 71.9 Å². The molecule has 0 fully saturated rings. The van der Waals surface area contributed by atoms with Crippen molar-refractivity contribution >= 4 is 23.4 Å². The van der Waals surface area contributed by atoms with E-state index < -0.39 is 23.9 Å².